The Bertz CT molecular complexity index is 1500. The normalized spacial score (nSPS) is 16.8. The third-order valence-corrected chi connectivity index (χ3v) is 7.13. The number of amides is 1. The first-order valence-electron chi connectivity index (χ1n) is 12.5. The zero-order valence-electron chi connectivity index (χ0n) is 22.8. The lowest BCUT2D eigenvalue weighted by atomic mass is 9.85. The summed E-state index contributed by atoms with van der Waals surface area (Å²) < 4.78 is 10.7. The molecule has 4 rings (SSSR count). The molecule has 0 aromatic heterocycles. The topological polar surface area (TPSA) is 113 Å². The van der Waals surface area contributed by atoms with Crippen LogP contribution in [-0.4, -0.2) is 42.1 Å². The first kappa shape index (κ1) is 28.7. The summed E-state index contributed by atoms with van der Waals surface area (Å²) in [7, 11) is 2.84. The van der Waals surface area contributed by atoms with Gasteiger partial charge in [0.25, 0.3) is 11.7 Å². The van der Waals surface area contributed by atoms with E-state index in [0.29, 0.717) is 22.6 Å². The number of carboxylic acids is 1. The van der Waals surface area contributed by atoms with Gasteiger partial charge in [0.15, 0.2) is 0 Å². The predicted molar refractivity (Wildman–Crippen MR) is 152 cm³/mol. The van der Waals surface area contributed by atoms with Crippen molar-refractivity contribution in [3.63, 3.8) is 0 Å². The van der Waals surface area contributed by atoms with E-state index in [1.807, 2.05) is 24.3 Å². The maximum Gasteiger partial charge on any atom is 0.307 e. The highest BCUT2D eigenvalue weighted by Crippen LogP contribution is 2.45. The Morgan fingerprint density at radius 1 is 0.925 bits per heavy atom. The molecule has 1 aliphatic rings. The number of aliphatic hydroxyl groups is 1. The number of aliphatic carboxylic acids is 1. The highest BCUT2D eigenvalue weighted by atomic mass is 35.5. The Morgan fingerprint density at radius 3 is 2.05 bits per heavy atom. The fourth-order valence-corrected chi connectivity index (χ4v) is 4.96. The van der Waals surface area contributed by atoms with Crippen LogP contribution in [0.15, 0.2) is 66.2 Å². The number of benzene rings is 3. The summed E-state index contributed by atoms with van der Waals surface area (Å²) >= 11 is 6.34. The van der Waals surface area contributed by atoms with E-state index in [1.54, 1.807) is 24.3 Å². The van der Waals surface area contributed by atoms with Gasteiger partial charge in [-0.1, -0.05) is 68.8 Å². The number of ether oxygens (including phenoxy) is 2. The van der Waals surface area contributed by atoms with Crippen LogP contribution in [0, 0.1) is 0 Å². The van der Waals surface area contributed by atoms with Crippen molar-refractivity contribution in [2.45, 2.75) is 38.6 Å². The largest absolute Gasteiger partial charge is 0.507 e. The second-order valence-corrected chi connectivity index (χ2v) is 10.9. The van der Waals surface area contributed by atoms with Crippen LogP contribution >= 0.6 is 11.6 Å². The number of carbonyl (C=O) groups is 3. The molecule has 3 aromatic carbocycles. The molecule has 0 bridgehead atoms. The van der Waals surface area contributed by atoms with Crippen molar-refractivity contribution in [3.8, 4) is 11.5 Å². The number of anilines is 1. The van der Waals surface area contributed by atoms with Crippen LogP contribution in [0.4, 0.5) is 5.69 Å². The molecule has 0 saturated carbocycles. The fraction of sp³-hybridized carbons (Fsp3) is 0.258. The van der Waals surface area contributed by atoms with Crippen LogP contribution in [0.1, 0.15) is 49.1 Å². The average molecular weight is 564 g/mol. The van der Waals surface area contributed by atoms with Gasteiger partial charge in [0, 0.05) is 11.8 Å². The average Bonchev–Trinajstić information content (AvgIpc) is 3.18. The number of aliphatic hydroxyl groups excluding tert-OH is 1. The molecule has 2 N–H and O–H groups in total. The number of hydrogen-bond acceptors (Lipinski definition) is 6. The zero-order chi connectivity index (χ0) is 29.4. The maximum atomic E-state index is 13.5. The molecular formula is C31H30ClNO7. The SMILES string of the molecule is COc1cc(OC)c(/C(O)=C2\C(=O)C(=O)N(c3ccc(CC(=O)O)cc3)C2c2ccc(C(C)(C)C)cc2)cc1Cl. The van der Waals surface area contributed by atoms with Gasteiger partial charge in [-0.2, -0.15) is 0 Å². The summed E-state index contributed by atoms with van der Waals surface area (Å²) in [6.45, 7) is 6.23. The number of ketones is 1. The molecule has 40 heavy (non-hydrogen) atoms. The minimum absolute atomic E-state index is 0.124. The Morgan fingerprint density at radius 2 is 1.52 bits per heavy atom. The molecule has 0 aliphatic carbocycles. The molecule has 1 heterocycles. The van der Waals surface area contributed by atoms with Gasteiger partial charge >= 0.3 is 5.97 Å². The number of methoxy groups -OCH3 is 2. The number of Topliss-reactive ketones (excluding diaryl/α,β-unsaturated/α-hetero) is 1. The van der Waals surface area contributed by atoms with Crippen LogP contribution < -0.4 is 14.4 Å². The number of halogens is 1. The molecule has 1 aliphatic heterocycles. The molecule has 8 nitrogen and oxygen atoms in total. The monoisotopic (exact) mass is 563 g/mol. The van der Waals surface area contributed by atoms with E-state index in [2.05, 4.69) is 20.8 Å². The second-order valence-electron chi connectivity index (χ2n) is 10.5. The van der Waals surface area contributed by atoms with E-state index in [-0.39, 0.29) is 33.7 Å². The van der Waals surface area contributed by atoms with Crippen molar-refractivity contribution in [2.75, 3.05) is 19.1 Å². The summed E-state index contributed by atoms with van der Waals surface area (Å²) in [5.41, 5.74) is 2.42. The second kappa shape index (κ2) is 11.1. The minimum Gasteiger partial charge on any atom is -0.507 e. The van der Waals surface area contributed by atoms with E-state index < -0.39 is 29.5 Å². The van der Waals surface area contributed by atoms with Gasteiger partial charge < -0.3 is 19.7 Å². The van der Waals surface area contributed by atoms with Crippen molar-refractivity contribution in [2.24, 2.45) is 0 Å². The Kier molecular flexibility index (Phi) is 7.93. The van der Waals surface area contributed by atoms with Crippen molar-refractivity contribution in [1.82, 2.24) is 0 Å². The lowest BCUT2D eigenvalue weighted by molar-refractivity contribution is -0.136. The van der Waals surface area contributed by atoms with Crippen molar-refractivity contribution >= 4 is 40.7 Å². The summed E-state index contributed by atoms with van der Waals surface area (Å²) in [6, 6.07) is 15.8. The van der Waals surface area contributed by atoms with Gasteiger partial charge in [-0.15, -0.1) is 0 Å². The number of carbonyl (C=O) groups excluding carboxylic acids is 2. The quantitative estimate of drug-likeness (QED) is 0.209. The Balaban J connectivity index is 1.94. The third-order valence-electron chi connectivity index (χ3n) is 6.84. The highest BCUT2D eigenvalue weighted by Gasteiger charge is 2.47. The molecule has 0 radical (unpaired) electrons. The fourth-order valence-electron chi connectivity index (χ4n) is 4.72. The Hall–Kier alpha value is -4.30. The van der Waals surface area contributed by atoms with Gasteiger partial charge in [0.1, 0.15) is 17.3 Å². The molecule has 1 atom stereocenters. The van der Waals surface area contributed by atoms with Crippen LogP contribution in [0.2, 0.25) is 5.02 Å². The van der Waals surface area contributed by atoms with Crippen LogP contribution in [0.5, 0.6) is 11.5 Å². The van der Waals surface area contributed by atoms with Gasteiger partial charge in [0.05, 0.1) is 42.8 Å². The number of rotatable bonds is 7. The highest BCUT2D eigenvalue weighted by molar-refractivity contribution is 6.51. The van der Waals surface area contributed by atoms with Crippen molar-refractivity contribution in [1.29, 1.82) is 0 Å². The lowest BCUT2D eigenvalue weighted by Gasteiger charge is -2.27. The lowest BCUT2D eigenvalue weighted by Crippen LogP contribution is -2.29. The van der Waals surface area contributed by atoms with E-state index in [0.717, 1.165) is 5.56 Å². The molecule has 208 valence electrons. The molecule has 0 spiro atoms. The van der Waals surface area contributed by atoms with E-state index in [9.17, 15) is 19.5 Å². The third kappa shape index (κ3) is 5.40. The molecule has 1 saturated heterocycles. The first-order chi connectivity index (χ1) is 18.9. The summed E-state index contributed by atoms with van der Waals surface area (Å²) in [5, 5.41) is 20.9. The van der Waals surface area contributed by atoms with Gasteiger partial charge in [-0.05, 0) is 40.3 Å². The van der Waals surface area contributed by atoms with Gasteiger partial charge in [-0.25, -0.2) is 0 Å². The smallest absolute Gasteiger partial charge is 0.307 e. The van der Waals surface area contributed by atoms with Crippen LogP contribution in [-0.2, 0) is 26.2 Å². The first-order valence-corrected chi connectivity index (χ1v) is 12.9. The van der Waals surface area contributed by atoms with E-state index in [4.69, 9.17) is 26.2 Å². The number of carboxylic acid groups (broad SMARTS) is 1. The molecule has 1 amide bonds. The van der Waals surface area contributed by atoms with Crippen LogP contribution in [0.3, 0.4) is 0 Å². The minimum atomic E-state index is -0.987. The standard InChI is InChI=1S/C31H30ClNO7/c1-31(2,3)19-10-8-18(9-11-19)27-26(28(36)21-15-22(32)24(40-5)16-23(21)39-4)29(37)30(38)33(27)20-12-6-17(7-13-20)14-25(34)35/h6-13,15-16,27,36H,14H2,1-5H3,(H,34,35)/b28-26+. The summed E-state index contributed by atoms with van der Waals surface area (Å²) in [4.78, 5) is 39.5. The van der Waals surface area contributed by atoms with Crippen molar-refractivity contribution < 1.29 is 34.1 Å². The maximum absolute atomic E-state index is 13.5. The zero-order valence-corrected chi connectivity index (χ0v) is 23.6. The molecular weight excluding hydrogens is 534 g/mol. The summed E-state index contributed by atoms with van der Waals surface area (Å²) in [6.07, 6.45) is -0.186. The van der Waals surface area contributed by atoms with Crippen LogP contribution in [0.25, 0.3) is 5.76 Å². The molecule has 9 heteroatoms. The summed E-state index contributed by atoms with van der Waals surface area (Å²) in [5.74, 6) is -2.65. The molecule has 1 unspecified atom stereocenters. The number of hydrogen-bond donors (Lipinski definition) is 2. The molecule has 3 aromatic rings. The van der Waals surface area contributed by atoms with Crippen molar-refractivity contribution in [3.05, 3.63) is 93.5 Å². The van der Waals surface area contributed by atoms with Gasteiger partial charge in [0.2, 0.25) is 0 Å². The number of nitrogens with zero attached hydrogens (tertiary/aromatic N) is 1. The Labute approximate surface area is 237 Å². The predicted octanol–water partition coefficient (Wildman–Crippen LogP) is 5.91. The molecule has 1 fully saturated rings. The van der Waals surface area contributed by atoms with E-state index in [1.165, 1.54) is 31.3 Å². The van der Waals surface area contributed by atoms with E-state index >= 15 is 0 Å². The van der Waals surface area contributed by atoms with Gasteiger partial charge in [-0.3, -0.25) is 19.3 Å².